The summed E-state index contributed by atoms with van der Waals surface area (Å²) >= 11 is 0. The molecule has 0 spiro atoms. The fraction of sp³-hybridized carbons (Fsp3) is 0.125. The molecule has 3 rings (SSSR count). The number of amidine groups is 1. The van der Waals surface area contributed by atoms with Crippen LogP contribution < -0.4 is 5.43 Å². The second kappa shape index (κ2) is 6.69. The first-order chi connectivity index (χ1) is 11.3. The summed E-state index contributed by atoms with van der Waals surface area (Å²) < 4.78 is 5.46. The highest BCUT2D eigenvalue weighted by atomic mass is 16.4. The third-order valence-corrected chi connectivity index (χ3v) is 3.06. The maximum Gasteiger partial charge on any atom is 0.342 e. The molecule has 2 aromatic carbocycles. The molecule has 0 amide bonds. The van der Waals surface area contributed by atoms with Gasteiger partial charge in [0.1, 0.15) is 11.3 Å². The van der Waals surface area contributed by atoms with Gasteiger partial charge in [-0.1, -0.05) is 36.3 Å². The Morgan fingerprint density at radius 3 is 2.74 bits per heavy atom. The highest BCUT2D eigenvalue weighted by molar-refractivity contribution is 5.83. The number of hydrogen-bond donors (Lipinski definition) is 2. The zero-order valence-electron chi connectivity index (χ0n) is 12.5. The third kappa shape index (κ3) is 3.52. The number of fused-ring (bicyclic) bond motifs is 1. The van der Waals surface area contributed by atoms with Crippen LogP contribution in [0.25, 0.3) is 11.1 Å². The van der Waals surface area contributed by atoms with Gasteiger partial charge in [0.2, 0.25) is 0 Å². The molecule has 0 saturated carbocycles. The van der Waals surface area contributed by atoms with Gasteiger partial charge in [0, 0.05) is 6.42 Å². The van der Waals surface area contributed by atoms with Crippen molar-refractivity contribution >= 4 is 28.6 Å². The zero-order valence-corrected chi connectivity index (χ0v) is 12.5. The van der Waals surface area contributed by atoms with E-state index in [1.54, 1.807) is 24.3 Å². The van der Waals surface area contributed by atoms with Crippen LogP contribution in [0.15, 0.2) is 68.3 Å². The number of rotatable bonds is 4. The van der Waals surface area contributed by atoms with Crippen LogP contribution in [0.3, 0.4) is 0 Å². The van der Waals surface area contributed by atoms with E-state index in [0.717, 1.165) is 5.52 Å². The normalized spacial score (nSPS) is 12.1. The van der Waals surface area contributed by atoms with Crippen molar-refractivity contribution in [2.75, 3.05) is 5.43 Å². The molecule has 7 heteroatoms. The highest BCUT2D eigenvalue weighted by Crippen LogP contribution is 2.22. The fourth-order valence-corrected chi connectivity index (χ4v) is 1.87. The number of oxazole rings is 1. The predicted octanol–water partition coefficient (Wildman–Crippen LogP) is 4.45. The molecule has 2 N–H and O–H groups in total. The third-order valence-electron chi connectivity index (χ3n) is 3.06. The predicted molar refractivity (Wildman–Crippen MR) is 88.0 cm³/mol. The molecule has 0 fully saturated rings. The molecule has 0 saturated heterocycles. The molecule has 3 aromatic rings. The van der Waals surface area contributed by atoms with Gasteiger partial charge in [-0.05, 0) is 24.3 Å². The average Bonchev–Trinajstić information content (AvgIpc) is 2.99. The van der Waals surface area contributed by atoms with E-state index in [1.807, 2.05) is 31.2 Å². The van der Waals surface area contributed by atoms with Gasteiger partial charge in [-0.3, -0.25) is 5.43 Å². The van der Waals surface area contributed by atoms with Gasteiger partial charge in [0.15, 0.2) is 11.4 Å². The maximum atomic E-state index is 9.67. The van der Waals surface area contributed by atoms with Crippen molar-refractivity contribution in [2.45, 2.75) is 13.3 Å². The summed E-state index contributed by atoms with van der Waals surface area (Å²) in [6.45, 7) is 1.90. The lowest BCUT2D eigenvalue weighted by Crippen LogP contribution is -1.97. The average molecular weight is 309 g/mol. The molecule has 0 aliphatic rings. The van der Waals surface area contributed by atoms with Gasteiger partial charge in [0.25, 0.3) is 0 Å². The number of phenols is 1. The Hall–Kier alpha value is -3.22. The van der Waals surface area contributed by atoms with E-state index in [9.17, 15) is 5.11 Å². The van der Waals surface area contributed by atoms with E-state index < -0.39 is 0 Å². The summed E-state index contributed by atoms with van der Waals surface area (Å²) in [4.78, 5) is 4.21. The van der Waals surface area contributed by atoms with E-state index >= 15 is 0 Å². The van der Waals surface area contributed by atoms with Crippen molar-refractivity contribution in [2.24, 2.45) is 15.3 Å². The minimum Gasteiger partial charge on any atom is -0.506 e. The molecular weight excluding hydrogens is 294 g/mol. The number of phenolic OH excluding ortho intramolecular Hbond substituents is 1. The number of azo groups is 1. The summed E-state index contributed by atoms with van der Waals surface area (Å²) in [6.07, 6.45) is 0.560. The molecule has 1 heterocycles. The van der Waals surface area contributed by atoms with E-state index in [0.29, 0.717) is 23.5 Å². The first-order valence-electron chi connectivity index (χ1n) is 7.14. The molecule has 7 nitrogen and oxygen atoms in total. The smallest absolute Gasteiger partial charge is 0.342 e. The van der Waals surface area contributed by atoms with Crippen molar-refractivity contribution in [3.05, 3.63) is 48.5 Å². The number of aromatic hydroxyl groups is 1. The lowest BCUT2D eigenvalue weighted by atomic mass is 10.3. The van der Waals surface area contributed by atoms with Gasteiger partial charge in [0.05, 0.1) is 5.69 Å². The Kier molecular flexibility index (Phi) is 4.28. The van der Waals surface area contributed by atoms with E-state index in [2.05, 4.69) is 25.7 Å². The molecule has 0 atom stereocenters. The van der Waals surface area contributed by atoms with Gasteiger partial charge < -0.3 is 9.52 Å². The van der Waals surface area contributed by atoms with Crippen molar-refractivity contribution < 1.29 is 9.52 Å². The maximum absolute atomic E-state index is 9.67. The fourth-order valence-electron chi connectivity index (χ4n) is 1.87. The number of nitrogens with zero attached hydrogens (tertiary/aromatic N) is 4. The first kappa shape index (κ1) is 14.7. The number of para-hydroxylation sites is 4. The van der Waals surface area contributed by atoms with Crippen LogP contribution in [-0.4, -0.2) is 15.9 Å². The Balaban J connectivity index is 1.75. The quantitative estimate of drug-likeness (QED) is 0.245. The van der Waals surface area contributed by atoms with E-state index in [1.165, 1.54) is 0 Å². The first-order valence-corrected chi connectivity index (χ1v) is 7.14. The van der Waals surface area contributed by atoms with Crippen LogP contribution in [0.5, 0.6) is 5.75 Å². The Morgan fingerprint density at radius 1 is 1.17 bits per heavy atom. The number of anilines is 1. The van der Waals surface area contributed by atoms with Crippen molar-refractivity contribution in [3.8, 4) is 5.75 Å². The van der Waals surface area contributed by atoms with Crippen molar-refractivity contribution in [1.29, 1.82) is 0 Å². The largest absolute Gasteiger partial charge is 0.506 e. The molecule has 1 aromatic heterocycles. The van der Waals surface area contributed by atoms with Gasteiger partial charge >= 0.3 is 6.01 Å². The second-order valence-electron chi connectivity index (χ2n) is 4.67. The number of hydrogen-bond acceptors (Lipinski definition) is 6. The second-order valence-corrected chi connectivity index (χ2v) is 4.67. The monoisotopic (exact) mass is 309 g/mol. The molecule has 0 radical (unpaired) electrons. The minimum absolute atomic E-state index is 0.114. The van der Waals surface area contributed by atoms with Gasteiger partial charge in [-0.15, -0.1) is 5.11 Å². The van der Waals surface area contributed by atoms with Crippen LogP contribution in [0.1, 0.15) is 13.3 Å². The lowest BCUT2D eigenvalue weighted by Gasteiger charge is -2.03. The summed E-state index contributed by atoms with van der Waals surface area (Å²) in [5.74, 6) is 0.568. The summed E-state index contributed by atoms with van der Waals surface area (Å²) in [7, 11) is 0. The minimum atomic E-state index is 0.114. The molecule has 23 heavy (non-hydrogen) atoms. The summed E-state index contributed by atoms with van der Waals surface area (Å²) in [5.41, 5.74) is 4.64. The standard InChI is InChI=1S/C16H15N5O2/c1-2-15(19-18-11-7-3-5-9-13(11)22)20-21-16-17-12-8-4-6-10-14(12)23-16/h3-10,18,22H,2H2,1H3/b19-15-,21-20?. The van der Waals surface area contributed by atoms with Crippen LogP contribution in [0.2, 0.25) is 0 Å². The molecule has 116 valence electrons. The highest BCUT2D eigenvalue weighted by Gasteiger charge is 2.04. The number of benzene rings is 2. The Labute approximate surface area is 132 Å². The van der Waals surface area contributed by atoms with Crippen LogP contribution in [0.4, 0.5) is 11.7 Å². The molecule has 0 aliphatic carbocycles. The Bertz CT molecular complexity index is 837. The van der Waals surface area contributed by atoms with E-state index in [-0.39, 0.29) is 11.8 Å². The van der Waals surface area contributed by atoms with Crippen molar-refractivity contribution in [3.63, 3.8) is 0 Å². The number of aromatic nitrogens is 1. The van der Waals surface area contributed by atoms with Gasteiger partial charge in [-0.25, -0.2) is 0 Å². The summed E-state index contributed by atoms with van der Waals surface area (Å²) in [6, 6.07) is 14.4. The SMILES string of the molecule is CC/C(N=Nc1nc2ccccc2o1)=N/Nc1ccccc1O. The van der Waals surface area contributed by atoms with Crippen LogP contribution in [0, 0.1) is 0 Å². The molecule has 0 aliphatic heterocycles. The van der Waals surface area contributed by atoms with Crippen LogP contribution in [-0.2, 0) is 0 Å². The zero-order chi connectivity index (χ0) is 16.1. The molecule has 0 unspecified atom stereocenters. The lowest BCUT2D eigenvalue weighted by molar-refractivity contribution is 0.477. The molecular formula is C16H15N5O2. The van der Waals surface area contributed by atoms with Crippen LogP contribution >= 0.6 is 0 Å². The van der Waals surface area contributed by atoms with E-state index in [4.69, 9.17) is 4.42 Å². The van der Waals surface area contributed by atoms with Gasteiger partial charge in [-0.2, -0.15) is 10.1 Å². The summed E-state index contributed by atoms with van der Waals surface area (Å²) in [5, 5.41) is 21.8. The Morgan fingerprint density at radius 2 is 1.96 bits per heavy atom. The van der Waals surface area contributed by atoms with Crippen molar-refractivity contribution in [1.82, 2.24) is 4.98 Å². The number of hydrazone groups is 1. The molecule has 0 bridgehead atoms. The number of nitrogens with one attached hydrogen (secondary N) is 1. The topological polar surface area (TPSA) is 95.4 Å².